The summed E-state index contributed by atoms with van der Waals surface area (Å²) in [6, 6.07) is 1.88. The maximum absolute atomic E-state index is 4.11. The zero-order chi connectivity index (χ0) is 10.6. The highest BCUT2D eigenvalue weighted by molar-refractivity contribution is 5.31. The summed E-state index contributed by atoms with van der Waals surface area (Å²) in [4.78, 5) is 7.98. The summed E-state index contributed by atoms with van der Waals surface area (Å²) in [7, 11) is 0. The van der Waals surface area contributed by atoms with Crippen molar-refractivity contribution in [1.82, 2.24) is 9.97 Å². The van der Waals surface area contributed by atoms with E-state index in [9.17, 15) is 0 Å². The van der Waals surface area contributed by atoms with E-state index in [-0.39, 0.29) is 0 Å². The molecule has 0 aromatic carbocycles. The van der Waals surface area contributed by atoms with Gasteiger partial charge in [0.15, 0.2) is 0 Å². The lowest BCUT2D eigenvalue weighted by atomic mass is 9.82. The highest BCUT2D eigenvalue weighted by Gasteiger charge is 2.19. The van der Waals surface area contributed by atoms with Crippen LogP contribution in [0.1, 0.15) is 27.7 Å². The SMILES string of the molecule is CC(CNc1ccncn1)C(C)(C)C. The van der Waals surface area contributed by atoms with Crippen molar-refractivity contribution in [1.29, 1.82) is 0 Å². The Morgan fingerprint density at radius 1 is 1.43 bits per heavy atom. The monoisotopic (exact) mass is 193 g/mol. The van der Waals surface area contributed by atoms with Crippen LogP contribution in [0.15, 0.2) is 18.6 Å². The summed E-state index contributed by atoms with van der Waals surface area (Å²) in [5.41, 5.74) is 0.333. The van der Waals surface area contributed by atoms with Crippen LogP contribution in [0.4, 0.5) is 5.82 Å². The van der Waals surface area contributed by atoms with Gasteiger partial charge in [-0.15, -0.1) is 0 Å². The molecule has 0 bridgehead atoms. The topological polar surface area (TPSA) is 37.8 Å². The molecule has 0 amide bonds. The van der Waals surface area contributed by atoms with Crippen LogP contribution in [0.3, 0.4) is 0 Å². The molecule has 1 aromatic rings. The van der Waals surface area contributed by atoms with Crippen LogP contribution in [0.2, 0.25) is 0 Å². The fourth-order valence-electron chi connectivity index (χ4n) is 0.959. The molecule has 1 aromatic heterocycles. The molecule has 1 unspecified atom stereocenters. The molecule has 0 aliphatic rings. The molecule has 14 heavy (non-hydrogen) atoms. The first-order valence-corrected chi connectivity index (χ1v) is 5.00. The molecule has 0 saturated heterocycles. The molecule has 3 nitrogen and oxygen atoms in total. The van der Waals surface area contributed by atoms with Crippen LogP contribution in [0, 0.1) is 11.3 Å². The lowest BCUT2D eigenvalue weighted by Crippen LogP contribution is -2.25. The van der Waals surface area contributed by atoms with Crippen LogP contribution in [0.5, 0.6) is 0 Å². The first-order valence-electron chi connectivity index (χ1n) is 5.00. The van der Waals surface area contributed by atoms with Gasteiger partial charge in [-0.1, -0.05) is 27.7 Å². The predicted octanol–water partition coefficient (Wildman–Crippen LogP) is 2.57. The van der Waals surface area contributed by atoms with Gasteiger partial charge in [0.25, 0.3) is 0 Å². The van der Waals surface area contributed by atoms with Gasteiger partial charge in [0, 0.05) is 12.7 Å². The molecule has 1 N–H and O–H groups in total. The number of hydrogen-bond donors (Lipinski definition) is 1. The Kier molecular flexibility index (Phi) is 3.44. The van der Waals surface area contributed by atoms with E-state index in [2.05, 4.69) is 43.0 Å². The molecule has 0 saturated carbocycles. The van der Waals surface area contributed by atoms with Crippen LogP contribution in [0.25, 0.3) is 0 Å². The van der Waals surface area contributed by atoms with Crippen LogP contribution in [-0.2, 0) is 0 Å². The molecule has 78 valence electrons. The lowest BCUT2D eigenvalue weighted by molar-refractivity contribution is 0.274. The van der Waals surface area contributed by atoms with Gasteiger partial charge < -0.3 is 5.32 Å². The third-order valence-electron chi connectivity index (χ3n) is 2.65. The van der Waals surface area contributed by atoms with Crippen LogP contribution < -0.4 is 5.32 Å². The smallest absolute Gasteiger partial charge is 0.129 e. The van der Waals surface area contributed by atoms with E-state index in [1.54, 1.807) is 12.5 Å². The van der Waals surface area contributed by atoms with Crippen LogP contribution in [-0.4, -0.2) is 16.5 Å². The Morgan fingerprint density at radius 3 is 2.64 bits per heavy atom. The van der Waals surface area contributed by atoms with Crippen molar-refractivity contribution in [2.75, 3.05) is 11.9 Å². The Morgan fingerprint density at radius 2 is 2.14 bits per heavy atom. The zero-order valence-corrected chi connectivity index (χ0v) is 9.41. The van der Waals surface area contributed by atoms with Gasteiger partial charge in [-0.05, 0) is 17.4 Å². The van der Waals surface area contributed by atoms with Gasteiger partial charge in [0.05, 0.1) is 0 Å². The van der Waals surface area contributed by atoms with Gasteiger partial charge in [-0.2, -0.15) is 0 Å². The second-order valence-electron chi connectivity index (χ2n) is 4.74. The number of hydrogen-bond acceptors (Lipinski definition) is 3. The summed E-state index contributed by atoms with van der Waals surface area (Å²) in [6.07, 6.45) is 3.31. The van der Waals surface area contributed by atoms with E-state index in [4.69, 9.17) is 0 Å². The van der Waals surface area contributed by atoms with E-state index < -0.39 is 0 Å². The lowest BCUT2D eigenvalue weighted by Gasteiger charge is -2.27. The van der Waals surface area contributed by atoms with Crippen molar-refractivity contribution in [2.24, 2.45) is 11.3 Å². The minimum atomic E-state index is 0.333. The fourth-order valence-corrected chi connectivity index (χ4v) is 0.959. The maximum atomic E-state index is 4.11. The van der Waals surface area contributed by atoms with Gasteiger partial charge in [-0.3, -0.25) is 0 Å². The minimum Gasteiger partial charge on any atom is -0.370 e. The molecule has 0 aliphatic heterocycles. The first kappa shape index (κ1) is 11.0. The Labute approximate surface area is 86.0 Å². The molecule has 0 spiro atoms. The molecule has 1 rings (SSSR count). The van der Waals surface area contributed by atoms with E-state index >= 15 is 0 Å². The largest absolute Gasteiger partial charge is 0.370 e. The third-order valence-corrected chi connectivity index (χ3v) is 2.65. The molecular formula is C11H19N3. The molecule has 0 fully saturated rings. The molecule has 3 heteroatoms. The van der Waals surface area contributed by atoms with Gasteiger partial charge in [0.1, 0.15) is 12.1 Å². The Balaban J connectivity index is 2.42. The van der Waals surface area contributed by atoms with Crippen molar-refractivity contribution in [3.05, 3.63) is 18.6 Å². The standard InChI is InChI=1S/C11H19N3/c1-9(11(2,3)4)7-13-10-5-6-12-8-14-10/h5-6,8-9H,7H2,1-4H3,(H,12,13,14). The summed E-state index contributed by atoms with van der Waals surface area (Å²) >= 11 is 0. The van der Waals surface area contributed by atoms with Crippen molar-refractivity contribution in [3.8, 4) is 0 Å². The average molecular weight is 193 g/mol. The predicted molar refractivity (Wildman–Crippen MR) is 59.1 cm³/mol. The highest BCUT2D eigenvalue weighted by atomic mass is 15.0. The van der Waals surface area contributed by atoms with Gasteiger partial charge in [-0.25, -0.2) is 9.97 Å². The van der Waals surface area contributed by atoms with Gasteiger partial charge >= 0.3 is 0 Å². The number of nitrogens with one attached hydrogen (secondary N) is 1. The fraction of sp³-hybridized carbons (Fsp3) is 0.636. The second kappa shape index (κ2) is 4.40. The molecule has 1 atom stereocenters. The quantitative estimate of drug-likeness (QED) is 0.801. The summed E-state index contributed by atoms with van der Waals surface area (Å²) < 4.78 is 0. The summed E-state index contributed by atoms with van der Waals surface area (Å²) in [5, 5.41) is 3.30. The highest BCUT2D eigenvalue weighted by Crippen LogP contribution is 2.25. The van der Waals surface area contributed by atoms with Crippen molar-refractivity contribution < 1.29 is 0 Å². The zero-order valence-electron chi connectivity index (χ0n) is 9.41. The number of aromatic nitrogens is 2. The van der Waals surface area contributed by atoms with Crippen molar-refractivity contribution in [3.63, 3.8) is 0 Å². The third kappa shape index (κ3) is 3.32. The number of rotatable bonds is 3. The number of anilines is 1. The normalized spacial score (nSPS) is 13.7. The van der Waals surface area contributed by atoms with Crippen molar-refractivity contribution in [2.45, 2.75) is 27.7 Å². The average Bonchev–Trinajstić information content (AvgIpc) is 2.14. The molecule has 0 aliphatic carbocycles. The molecule has 0 radical (unpaired) electrons. The summed E-state index contributed by atoms with van der Waals surface area (Å²) in [6.45, 7) is 9.94. The van der Waals surface area contributed by atoms with Crippen LogP contribution >= 0.6 is 0 Å². The van der Waals surface area contributed by atoms with Crippen molar-refractivity contribution >= 4 is 5.82 Å². The van der Waals surface area contributed by atoms with E-state index in [0.717, 1.165) is 12.4 Å². The molecular weight excluding hydrogens is 174 g/mol. The Bertz CT molecular complexity index is 264. The minimum absolute atomic E-state index is 0.333. The second-order valence-corrected chi connectivity index (χ2v) is 4.74. The summed E-state index contributed by atoms with van der Waals surface area (Å²) in [5.74, 6) is 1.51. The van der Waals surface area contributed by atoms with E-state index in [1.807, 2.05) is 6.07 Å². The number of nitrogens with zero attached hydrogens (tertiary/aromatic N) is 2. The Hall–Kier alpha value is -1.12. The van der Waals surface area contributed by atoms with E-state index in [0.29, 0.717) is 11.3 Å². The van der Waals surface area contributed by atoms with Gasteiger partial charge in [0.2, 0.25) is 0 Å². The molecule has 1 heterocycles. The maximum Gasteiger partial charge on any atom is 0.129 e. The first-order chi connectivity index (χ1) is 6.50. The van der Waals surface area contributed by atoms with E-state index in [1.165, 1.54) is 0 Å².